The molecular weight excluding hydrogens is 148 g/mol. The first-order chi connectivity index (χ1) is 4.16. The van der Waals surface area contributed by atoms with Gasteiger partial charge in [-0.05, 0) is 0 Å². The molecular formula is C3H5O5S. The van der Waals surface area contributed by atoms with Crippen LogP contribution in [-0.2, 0) is 24.5 Å². The number of rotatable bonds is 4. The molecule has 0 spiro atoms. The molecule has 6 heteroatoms. The summed E-state index contributed by atoms with van der Waals surface area (Å²) in [5, 5.41) is 7.89. The molecule has 0 fully saturated rings. The molecule has 0 bridgehead atoms. The van der Waals surface area contributed by atoms with Crippen LogP contribution in [0.15, 0.2) is 0 Å². The molecule has 0 aromatic rings. The number of hydrogen-bond donors (Lipinski definition) is 1. The normalized spacial score (nSPS) is 13.0. The van der Waals surface area contributed by atoms with E-state index in [1.165, 1.54) is 0 Å². The predicted octanol–water partition coefficient (Wildman–Crippen LogP) is -0.526. The van der Waals surface area contributed by atoms with Gasteiger partial charge in [0, 0.05) is 0 Å². The van der Waals surface area contributed by atoms with E-state index in [2.05, 4.69) is 8.37 Å². The molecule has 0 aromatic heterocycles. The van der Waals surface area contributed by atoms with Gasteiger partial charge in [0.05, 0.1) is 7.11 Å². The van der Waals surface area contributed by atoms with E-state index < -0.39 is 17.3 Å². The smallest absolute Gasteiger partial charge is 0.337 e. The second-order valence-corrected chi connectivity index (χ2v) is 1.86. The fraction of sp³-hybridized carbons (Fsp3) is 0.333. The maximum absolute atomic E-state index is 10.1. The Hall–Kier alpha value is -0.460. The van der Waals surface area contributed by atoms with Gasteiger partial charge in [0.2, 0.25) is 6.61 Å². The molecule has 1 atom stereocenters. The van der Waals surface area contributed by atoms with E-state index in [1.54, 1.807) is 0 Å². The zero-order valence-electron chi connectivity index (χ0n) is 4.57. The van der Waals surface area contributed by atoms with E-state index in [1.807, 2.05) is 0 Å². The third-order valence-corrected chi connectivity index (χ3v) is 0.889. The summed E-state index contributed by atoms with van der Waals surface area (Å²) < 4.78 is 18.1. The van der Waals surface area contributed by atoms with Gasteiger partial charge in [0.25, 0.3) is 0 Å². The molecule has 53 valence electrons. The van der Waals surface area contributed by atoms with Crippen molar-refractivity contribution in [1.29, 1.82) is 0 Å². The number of carboxylic acids is 1. The summed E-state index contributed by atoms with van der Waals surface area (Å²) >= 11 is -1.98. The Morgan fingerprint density at radius 3 is 2.67 bits per heavy atom. The summed E-state index contributed by atoms with van der Waals surface area (Å²) in [7, 11) is 1.13. The van der Waals surface area contributed by atoms with E-state index in [0.717, 1.165) is 7.11 Å². The summed E-state index contributed by atoms with van der Waals surface area (Å²) in [6.07, 6.45) is 0. The van der Waals surface area contributed by atoms with Crippen LogP contribution in [0.3, 0.4) is 0 Å². The molecule has 1 unspecified atom stereocenters. The molecule has 0 saturated carbocycles. The van der Waals surface area contributed by atoms with Crippen LogP contribution in [0.4, 0.5) is 0 Å². The van der Waals surface area contributed by atoms with Crippen LogP contribution < -0.4 is 0 Å². The molecule has 1 N–H and O–H groups in total. The van der Waals surface area contributed by atoms with Crippen LogP contribution in [0.5, 0.6) is 0 Å². The van der Waals surface area contributed by atoms with Crippen molar-refractivity contribution in [2.45, 2.75) is 0 Å². The average molecular weight is 153 g/mol. The van der Waals surface area contributed by atoms with Crippen molar-refractivity contribution in [2.24, 2.45) is 0 Å². The highest BCUT2D eigenvalue weighted by Gasteiger charge is 2.02. The number of aliphatic carboxylic acids is 1. The maximum Gasteiger partial charge on any atom is 0.337 e. The van der Waals surface area contributed by atoms with Gasteiger partial charge < -0.3 is 5.11 Å². The minimum Gasteiger partial charge on any atom is -0.479 e. The van der Waals surface area contributed by atoms with E-state index in [-0.39, 0.29) is 0 Å². The van der Waals surface area contributed by atoms with Crippen molar-refractivity contribution in [3.05, 3.63) is 6.61 Å². The molecule has 0 aliphatic carbocycles. The molecule has 0 aliphatic heterocycles. The van der Waals surface area contributed by atoms with Crippen LogP contribution in [0.25, 0.3) is 0 Å². The standard InChI is InChI=1S/C3H5O5S/c1-7-9(6)8-2-3(4)5/h2H,1H3,(H,4,5). The number of hydrogen-bond acceptors (Lipinski definition) is 4. The number of carboxylic acid groups (broad SMARTS) is 1. The molecule has 9 heavy (non-hydrogen) atoms. The highest BCUT2D eigenvalue weighted by Crippen LogP contribution is 1.88. The van der Waals surface area contributed by atoms with Crippen molar-refractivity contribution in [2.75, 3.05) is 7.11 Å². The first kappa shape index (κ1) is 8.54. The molecule has 0 aliphatic rings. The highest BCUT2D eigenvalue weighted by atomic mass is 32.2. The largest absolute Gasteiger partial charge is 0.479 e. The lowest BCUT2D eigenvalue weighted by Crippen LogP contribution is -2.03. The van der Waals surface area contributed by atoms with Crippen LogP contribution in [0.1, 0.15) is 0 Å². The van der Waals surface area contributed by atoms with Crippen molar-refractivity contribution < 1.29 is 22.5 Å². The Balaban J connectivity index is 3.28. The second kappa shape index (κ2) is 4.42. The molecule has 0 rings (SSSR count). The maximum atomic E-state index is 10.1. The Bertz CT molecular complexity index is 121. The van der Waals surface area contributed by atoms with Crippen LogP contribution in [-0.4, -0.2) is 22.4 Å². The average Bonchev–Trinajstić information content (AvgIpc) is 1.83. The zero-order valence-corrected chi connectivity index (χ0v) is 5.38. The topological polar surface area (TPSA) is 72.8 Å². The molecule has 0 amide bonds. The lowest BCUT2D eigenvalue weighted by Gasteiger charge is -1.92. The van der Waals surface area contributed by atoms with E-state index in [0.29, 0.717) is 6.61 Å². The van der Waals surface area contributed by atoms with Gasteiger partial charge in [-0.15, -0.1) is 0 Å². The molecule has 0 saturated heterocycles. The monoisotopic (exact) mass is 153 g/mol. The SMILES string of the molecule is COS(=O)O[CH]C(=O)O. The number of carbonyl (C=O) groups is 1. The molecule has 1 radical (unpaired) electrons. The lowest BCUT2D eigenvalue weighted by molar-refractivity contribution is -0.135. The molecule has 0 heterocycles. The summed E-state index contributed by atoms with van der Waals surface area (Å²) in [5.41, 5.74) is 0. The first-order valence-electron chi connectivity index (χ1n) is 1.86. The summed E-state index contributed by atoms with van der Waals surface area (Å²) in [6.45, 7) is 0.389. The Morgan fingerprint density at radius 1 is 1.78 bits per heavy atom. The van der Waals surface area contributed by atoms with E-state index >= 15 is 0 Å². The Labute approximate surface area is 54.4 Å². The van der Waals surface area contributed by atoms with Gasteiger partial charge >= 0.3 is 17.3 Å². The van der Waals surface area contributed by atoms with E-state index in [9.17, 15) is 9.00 Å². The van der Waals surface area contributed by atoms with Gasteiger partial charge in [-0.25, -0.2) is 8.98 Å². The summed E-state index contributed by atoms with van der Waals surface area (Å²) in [4.78, 5) is 9.65. The molecule has 5 nitrogen and oxygen atoms in total. The Morgan fingerprint density at radius 2 is 2.33 bits per heavy atom. The fourth-order valence-corrected chi connectivity index (χ4v) is 0.359. The van der Waals surface area contributed by atoms with Gasteiger partial charge in [0.15, 0.2) is 0 Å². The van der Waals surface area contributed by atoms with Crippen LogP contribution in [0.2, 0.25) is 0 Å². The van der Waals surface area contributed by atoms with Crippen molar-refractivity contribution in [3.63, 3.8) is 0 Å². The van der Waals surface area contributed by atoms with Crippen molar-refractivity contribution >= 4 is 17.3 Å². The second-order valence-electron chi connectivity index (χ2n) is 0.923. The Kier molecular flexibility index (Phi) is 4.20. The minimum atomic E-state index is -1.98. The third-order valence-electron chi connectivity index (χ3n) is 0.364. The minimum absolute atomic E-state index is 0.389. The van der Waals surface area contributed by atoms with E-state index in [4.69, 9.17) is 5.11 Å². The molecule has 0 aromatic carbocycles. The first-order valence-corrected chi connectivity index (χ1v) is 2.86. The van der Waals surface area contributed by atoms with Gasteiger partial charge in [-0.3, -0.25) is 4.18 Å². The third kappa shape index (κ3) is 5.41. The van der Waals surface area contributed by atoms with Crippen molar-refractivity contribution in [3.8, 4) is 0 Å². The van der Waals surface area contributed by atoms with Crippen molar-refractivity contribution in [1.82, 2.24) is 0 Å². The lowest BCUT2D eigenvalue weighted by atomic mass is 10.8. The zero-order chi connectivity index (χ0) is 7.28. The van der Waals surface area contributed by atoms with Gasteiger partial charge in [0.1, 0.15) is 0 Å². The van der Waals surface area contributed by atoms with Gasteiger partial charge in [-0.2, -0.15) is 4.21 Å². The fourth-order valence-electron chi connectivity index (χ4n) is 0.120. The quantitative estimate of drug-likeness (QED) is 0.588. The van der Waals surface area contributed by atoms with Crippen LogP contribution >= 0.6 is 0 Å². The van der Waals surface area contributed by atoms with Crippen LogP contribution in [0, 0.1) is 6.61 Å². The summed E-state index contributed by atoms with van der Waals surface area (Å²) in [5.74, 6) is -1.31. The van der Waals surface area contributed by atoms with Gasteiger partial charge in [-0.1, -0.05) is 0 Å². The highest BCUT2D eigenvalue weighted by molar-refractivity contribution is 7.75. The predicted molar refractivity (Wildman–Crippen MR) is 28.2 cm³/mol. The summed E-state index contributed by atoms with van der Waals surface area (Å²) in [6, 6.07) is 0.